The van der Waals surface area contributed by atoms with Gasteiger partial charge in [0.25, 0.3) is 0 Å². The predicted octanol–water partition coefficient (Wildman–Crippen LogP) is 2.08. The Bertz CT molecular complexity index is 857. The van der Waals surface area contributed by atoms with Crippen LogP contribution in [0.15, 0.2) is 18.6 Å². The third-order valence-electron chi connectivity index (χ3n) is 4.23. The van der Waals surface area contributed by atoms with Crippen LogP contribution >= 0.6 is 0 Å². The highest BCUT2D eigenvalue weighted by atomic mass is 16.2. The Morgan fingerprint density at radius 3 is 2.84 bits per heavy atom. The molecule has 25 heavy (non-hydrogen) atoms. The topological polar surface area (TPSA) is 113 Å². The number of urea groups is 1. The summed E-state index contributed by atoms with van der Waals surface area (Å²) in [5.74, 6) is 1.00. The van der Waals surface area contributed by atoms with Crippen LogP contribution in [0.1, 0.15) is 37.6 Å². The maximum Gasteiger partial charge on any atom is 0.323 e. The fraction of sp³-hybridized carbons (Fsp3) is 0.412. The van der Waals surface area contributed by atoms with Crippen molar-refractivity contribution in [3.63, 3.8) is 0 Å². The first-order valence-corrected chi connectivity index (χ1v) is 8.06. The fourth-order valence-electron chi connectivity index (χ4n) is 2.90. The first-order valence-electron chi connectivity index (χ1n) is 8.06. The summed E-state index contributed by atoms with van der Waals surface area (Å²) in [6.07, 6.45) is 3.83. The number of nitrogens with one attached hydrogen (secondary N) is 1. The number of rotatable bonds is 1. The molecule has 2 aromatic heterocycles. The van der Waals surface area contributed by atoms with Gasteiger partial charge in [-0.15, -0.1) is 0 Å². The van der Waals surface area contributed by atoms with Crippen LogP contribution in [0, 0.1) is 11.3 Å². The van der Waals surface area contributed by atoms with E-state index in [9.17, 15) is 4.79 Å². The largest absolute Gasteiger partial charge is 0.383 e. The Morgan fingerprint density at radius 2 is 2.16 bits per heavy atom. The number of carbonyl (C=O) groups excluding carboxylic acids is 1. The molecule has 0 radical (unpaired) electrons. The molecular formula is C17H21N7O. The van der Waals surface area contributed by atoms with Gasteiger partial charge in [-0.05, 0) is 26.8 Å². The van der Waals surface area contributed by atoms with Gasteiger partial charge < -0.3 is 15.2 Å². The number of carbonyl (C=O) groups is 1. The van der Waals surface area contributed by atoms with E-state index < -0.39 is 0 Å². The lowest BCUT2D eigenvalue weighted by molar-refractivity contribution is 0.205. The maximum absolute atomic E-state index is 12.7. The molecule has 0 saturated heterocycles. The SMILES string of the molecule is CC(C)(C)n1cc(C#N)cc1NC(=O)N1CCc2ncnc(N)c2C1. The second kappa shape index (κ2) is 6.09. The summed E-state index contributed by atoms with van der Waals surface area (Å²) in [5.41, 5.74) is 7.85. The van der Waals surface area contributed by atoms with E-state index in [2.05, 4.69) is 21.4 Å². The number of fused-ring (bicyclic) bond motifs is 1. The van der Waals surface area contributed by atoms with Gasteiger partial charge >= 0.3 is 6.03 Å². The molecule has 2 aromatic rings. The average molecular weight is 339 g/mol. The molecule has 3 rings (SSSR count). The molecule has 0 fully saturated rings. The summed E-state index contributed by atoms with van der Waals surface area (Å²) in [5, 5.41) is 12.1. The van der Waals surface area contributed by atoms with Crippen molar-refractivity contribution in [3.05, 3.63) is 35.4 Å². The number of nitrogens with two attached hydrogens (primary N) is 1. The second-order valence-electron chi connectivity index (χ2n) is 7.05. The lowest BCUT2D eigenvalue weighted by atomic mass is 10.1. The monoisotopic (exact) mass is 339 g/mol. The summed E-state index contributed by atoms with van der Waals surface area (Å²) >= 11 is 0. The Balaban J connectivity index is 1.81. The highest BCUT2D eigenvalue weighted by Crippen LogP contribution is 2.25. The number of aromatic nitrogens is 3. The van der Waals surface area contributed by atoms with Crippen molar-refractivity contribution in [2.24, 2.45) is 0 Å². The molecule has 3 N–H and O–H groups in total. The lowest BCUT2D eigenvalue weighted by Gasteiger charge is -2.30. The van der Waals surface area contributed by atoms with Crippen molar-refractivity contribution in [2.75, 3.05) is 17.6 Å². The van der Waals surface area contributed by atoms with Crippen molar-refractivity contribution in [1.82, 2.24) is 19.4 Å². The molecule has 0 aromatic carbocycles. The van der Waals surface area contributed by atoms with E-state index in [1.54, 1.807) is 17.2 Å². The van der Waals surface area contributed by atoms with Crippen LogP contribution in [0.5, 0.6) is 0 Å². The minimum atomic E-state index is -0.259. The molecule has 8 nitrogen and oxygen atoms in total. The molecular weight excluding hydrogens is 318 g/mol. The van der Waals surface area contributed by atoms with Crippen LogP contribution in [0.2, 0.25) is 0 Å². The average Bonchev–Trinajstić information content (AvgIpc) is 2.98. The van der Waals surface area contributed by atoms with Crippen LogP contribution < -0.4 is 11.1 Å². The highest BCUT2D eigenvalue weighted by molar-refractivity contribution is 5.89. The minimum Gasteiger partial charge on any atom is -0.383 e. The Hall–Kier alpha value is -3.08. The first kappa shape index (κ1) is 16.8. The molecule has 1 aliphatic heterocycles. The van der Waals surface area contributed by atoms with E-state index in [-0.39, 0.29) is 11.6 Å². The molecule has 0 atom stereocenters. The molecule has 0 saturated carbocycles. The number of anilines is 2. The number of amides is 2. The van der Waals surface area contributed by atoms with Crippen LogP contribution in [0.25, 0.3) is 0 Å². The van der Waals surface area contributed by atoms with E-state index in [0.717, 1.165) is 11.3 Å². The second-order valence-corrected chi connectivity index (χ2v) is 7.05. The van der Waals surface area contributed by atoms with Crippen LogP contribution in [-0.2, 0) is 18.5 Å². The molecule has 2 amide bonds. The van der Waals surface area contributed by atoms with E-state index in [0.29, 0.717) is 36.7 Å². The van der Waals surface area contributed by atoms with Crippen LogP contribution in [-0.4, -0.2) is 32.0 Å². The third-order valence-corrected chi connectivity index (χ3v) is 4.23. The summed E-state index contributed by atoms with van der Waals surface area (Å²) in [6.45, 7) is 6.96. The number of hydrogen-bond acceptors (Lipinski definition) is 5. The molecule has 130 valence electrons. The van der Waals surface area contributed by atoms with Gasteiger partial charge in [0.05, 0.1) is 17.8 Å². The number of nitrogen functional groups attached to an aromatic ring is 1. The summed E-state index contributed by atoms with van der Waals surface area (Å²) < 4.78 is 1.89. The van der Waals surface area contributed by atoms with Crippen LogP contribution in [0.4, 0.5) is 16.4 Å². The summed E-state index contributed by atoms with van der Waals surface area (Å²) in [4.78, 5) is 22.6. The Kier molecular flexibility index (Phi) is 4.08. The number of hydrogen-bond donors (Lipinski definition) is 2. The lowest BCUT2D eigenvalue weighted by Crippen LogP contribution is -2.40. The van der Waals surface area contributed by atoms with Gasteiger partial charge in [0.15, 0.2) is 0 Å². The van der Waals surface area contributed by atoms with Gasteiger partial charge in [0, 0.05) is 30.3 Å². The van der Waals surface area contributed by atoms with Crippen molar-refractivity contribution in [2.45, 2.75) is 39.3 Å². The van der Waals surface area contributed by atoms with E-state index >= 15 is 0 Å². The highest BCUT2D eigenvalue weighted by Gasteiger charge is 2.25. The zero-order valence-corrected chi connectivity index (χ0v) is 14.6. The quantitative estimate of drug-likeness (QED) is 0.826. The standard InChI is InChI=1S/C17H21N7O/c1-17(2,3)24-8-11(7-18)6-14(24)22-16(25)23-5-4-13-12(9-23)15(19)21-10-20-13/h6,8,10H,4-5,9H2,1-3H3,(H,22,25)(H2,19,20,21). The molecule has 0 unspecified atom stereocenters. The molecule has 0 aliphatic carbocycles. The Morgan fingerprint density at radius 1 is 1.40 bits per heavy atom. The third kappa shape index (κ3) is 3.26. The fourth-order valence-corrected chi connectivity index (χ4v) is 2.90. The van der Waals surface area contributed by atoms with Gasteiger partial charge in [-0.25, -0.2) is 14.8 Å². The van der Waals surface area contributed by atoms with Crippen molar-refractivity contribution in [1.29, 1.82) is 5.26 Å². The zero-order valence-electron chi connectivity index (χ0n) is 14.6. The predicted molar refractivity (Wildman–Crippen MR) is 93.7 cm³/mol. The van der Waals surface area contributed by atoms with Gasteiger partial charge in [0.2, 0.25) is 0 Å². The molecule has 0 spiro atoms. The molecule has 8 heteroatoms. The van der Waals surface area contributed by atoms with Gasteiger partial charge in [-0.2, -0.15) is 5.26 Å². The van der Waals surface area contributed by atoms with E-state index in [1.807, 2.05) is 25.3 Å². The van der Waals surface area contributed by atoms with Gasteiger partial charge in [-0.3, -0.25) is 5.32 Å². The minimum absolute atomic E-state index is 0.234. The zero-order chi connectivity index (χ0) is 18.2. The number of nitriles is 1. The summed E-state index contributed by atoms with van der Waals surface area (Å²) in [7, 11) is 0. The van der Waals surface area contributed by atoms with Gasteiger partial charge in [0.1, 0.15) is 24.0 Å². The van der Waals surface area contributed by atoms with E-state index in [4.69, 9.17) is 11.0 Å². The maximum atomic E-state index is 12.7. The normalized spacial score (nSPS) is 13.9. The Labute approximate surface area is 146 Å². The van der Waals surface area contributed by atoms with E-state index in [1.165, 1.54) is 6.33 Å². The molecule has 3 heterocycles. The number of nitrogens with zero attached hydrogens (tertiary/aromatic N) is 5. The summed E-state index contributed by atoms with van der Waals surface area (Å²) in [6, 6.07) is 3.56. The van der Waals surface area contributed by atoms with Crippen molar-refractivity contribution in [3.8, 4) is 6.07 Å². The smallest absolute Gasteiger partial charge is 0.323 e. The molecule has 1 aliphatic rings. The van der Waals surface area contributed by atoms with Crippen molar-refractivity contribution >= 4 is 17.7 Å². The molecule has 0 bridgehead atoms. The first-order chi connectivity index (χ1) is 11.8. The van der Waals surface area contributed by atoms with Crippen molar-refractivity contribution < 1.29 is 4.79 Å². The van der Waals surface area contributed by atoms with Crippen LogP contribution in [0.3, 0.4) is 0 Å². The van der Waals surface area contributed by atoms with Gasteiger partial charge in [-0.1, -0.05) is 0 Å².